The molecule has 1 aliphatic rings. The van der Waals surface area contributed by atoms with Crippen molar-refractivity contribution in [3.63, 3.8) is 0 Å². The molecule has 0 spiro atoms. The van der Waals surface area contributed by atoms with Crippen molar-refractivity contribution < 1.29 is 13.2 Å². The second-order valence-electron chi connectivity index (χ2n) is 6.25. The number of nitrogens with one attached hydrogen (secondary N) is 1. The molecule has 27 heavy (non-hydrogen) atoms. The Balaban J connectivity index is 1.77. The molecule has 1 fully saturated rings. The van der Waals surface area contributed by atoms with Crippen LogP contribution in [-0.4, -0.2) is 19.7 Å². The molecule has 136 valence electrons. The van der Waals surface area contributed by atoms with E-state index in [9.17, 15) is 18.0 Å². The van der Waals surface area contributed by atoms with E-state index < -0.39 is 17.4 Å². The molecule has 0 saturated heterocycles. The molecule has 1 saturated carbocycles. The summed E-state index contributed by atoms with van der Waals surface area (Å²) in [5.74, 6) is 0.499. The maximum atomic E-state index is 12.7. The number of nitrogens with zero attached hydrogens (tertiary/aromatic N) is 4. The van der Waals surface area contributed by atoms with E-state index in [0.717, 1.165) is 35.4 Å². The minimum Gasteiger partial charge on any atom is -0.288 e. The van der Waals surface area contributed by atoms with E-state index in [1.807, 2.05) is 0 Å². The molecule has 9 heteroatoms. The van der Waals surface area contributed by atoms with Gasteiger partial charge in [0.15, 0.2) is 5.82 Å². The predicted molar refractivity (Wildman–Crippen MR) is 90.7 cm³/mol. The van der Waals surface area contributed by atoms with E-state index in [4.69, 9.17) is 6.57 Å². The van der Waals surface area contributed by atoms with Gasteiger partial charge in [-0.15, -0.1) is 5.10 Å². The highest BCUT2D eigenvalue weighted by molar-refractivity contribution is 5.65. The molecule has 0 aliphatic heterocycles. The van der Waals surface area contributed by atoms with Gasteiger partial charge < -0.3 is 0 Å². The van der Waals surface area contributed by atoms with E-state index in [1.54, 1.807) is 6.07 Å². The molecule has 3 aromatic rings. The number of benzene rings is 1. The highest BCUT2D eigenvalue weighted by atomic mass is 19.4. The van der Waals surface area contributed by atoms with Gasteiger partial charge in [0, 0.05) is 17.7 Å². The van der Waals surface area contributed by atoms with E-state index in [1.165, 1.54) is 18.3 Å². The van der Waals surface area contributed by atoms with Gasteiger partial charge in [0.05, 0.1) is 23.5 Å². The normalized spacial score (nSPS) is 14.1. The highest BCUT2D eigenvalue weighted by Gasteiger charge is 2.31. The van der Waals surface area contributed by atoms with Crippen molar-refractivity contribution in [2.45, 2.75) is 24.9 Å². The maximum absolute atomic E-state index is 12.7. The minimum absolute atomic E-state index is 0.206. The molecule has 1 aliphatic carbocycles. The van der Waals surface area contributed by atoms with Gasteiger partial charge in [-0.25, -0.2) is 9.64 Å². The second kappa shape index (κ2) is 6.09. The number of hydrogen-bond acceptors (Lipinski definition) is 3. The lowest BCUT2D eigenvalue weighted by atomic mass is 10.1. The second-order valence-corrected chi connectivity index (χ2v) is 6.25. The molecule has 0 bridgehead atoms. The zero-order valence-corrected chi connectivity index (χ0v) is 13.8. The van der Waals surface area contributed by atoms with Crippen LogP contribution in [-0.2, 0) is 6.18 Å². The Hall–Kier alpha value is -3.41. The number of hydrogen-bond donors (Lipinski definition) is 1. The first-order valence-electron chi connectivity index (χ1n) is 8.11. The zero-order chi connectivity index (χ0) is 19.2. The molecule has 1 aromatic carbocycles. The summed E-state index contributed by atoms with van der Waals surface area (Å²) in [7, 11) is 0. The number of pyridine rings is 1. The Morgan fingerprint density at radius 2 is 1.93 bits per heavy atom. The Kier molecular flexibility index (Phi) is 3.84. The standard InChI is InChI=1S/C18H12F3N5O/c1-22-12-8-14(15(23-9-12)10-2-3-10)16-24-17(27)26(25-16)13-6-4-11(5-7-13)18(19,20)21/h4-10H,2-3H2,(H,24,25,27). The Bertz CT molecular complexity index is 1100. The third kappa shape index (κ3) is 3.21. The van der Waals surface area contributed by atoms with Gasteiger partial charge in [-0.05, 0) is 43.2 Å². The van der Waals surface area contributed by atoms with Crippen LogP contribution in [0.2, 0.25) is 0 Å². The van der Waals surface area contributed by atoms with Crippen molar-refractivity contribution in [3.8, 4) is 17.1 Å². The van der Waals surface area contributed by atoms with Crippen molar-refractivity contribution in [1.82, 2.24) is 19.7 Å². The summed E-state index contributed by atoms with van der Waals surface area (Å²) in [6.07, 6.45) is -1.03. The summed E-state index contributed by atoms with van der Waals surface area (Å²) >= 11 is 0. The van der Waals surface area contributed by atoms with Crippen LogP contribution in [0.15, 0.2) is 41.3 Å². The number of rotatable bonds is 3. The lowest BCUT2D eigenvalue weighted by Gasteiger charge is -2.07. The topological polar surface area (TPSA) is 67.9 Å². The smallest absolute Gasteiger partial charge is 0.288 e. The first-order chi connectivity index (χ1) is 12.9. The lowest BCUT2D eigenvalue weighted by molar-refractivity contribution is -0.137. The maximum Gasteiger partial charge on any atom is 0.416 e. The van der Waals surface area contributed by atoms with Crippen molar-refractivity contribution in [3.05, 3.63) is 69.7 Å². The van der Waals surface area contributed by atoms with Crippen LogP contribution >= 0.6 is 0 Å². The van der Waals surface area contributed by atoms with Crippen molar-refractivity contribution in [2.24, 2.45) is 0 Å². The van der Waals surface area contributed by atoms with Gasteiger partial charge in [0.2, 0.25) is 5.69 Å². The summed E-state index contributed by atoms with van der Waals surface area (Å²) < 4.78 is 39.1. The van der Waals surface area contributed by atoms with Gasteiger partial charge in [-0.3, -0.25) is 9.97 Å². The summed E-state index contributed by atoms with van der Waals surface area (Å²) in [5, 5.41) is 4.21. The van der Waals surface area contributed by atoms with Gasteiger partial charge in [0.25, 0.3) is 0 Å². The van der Waals surface area contributed by atoms with Crippen LogP contribution < -0.4 is 5.69 Å². The minimum atomic E-state index is -4.45. The zero-order valence-electron chi connectivity index (χ0n) is 13.8. The van der Waals surface area contributed by atoms with Crippen molar-refractivity contribution >= 4 is 5.69 Å². The van der Waals surface area contributed by atoms with Crippen molar-refractivity contribution in [1.29, 1.82) is 0 Å². The van der Waals surface area contributed by atoms with Crippen LogP contribution in [0.4, 0.5) is 18.9 Å². The summed E-state index contributed by atoms with van der Waals surface area (Å²) in [6.45, 7) is 7.14. The number of aromatic amines is 1. The fourth-order valence-electron chi connectivity index (χ4n) is 2.81. The highest BCUT2D eigenvalue weighted by Crippen LogP contribution is 2.43. The molecule has 1 N–H and O–H groups in total. The SMILES string of the molecule is [C-]#[N+]c1cnc(C2CC2)c(-c2nn(-c3ccc(C(F)(F)F)cc3)c(=O)[nH]2)c1. The molecule has 2 aromatic heterocycles. The Labute approximate surface area is 151 Å². The van der Waals surface area contributed by atoms with Gasteiger partial charge in [0.1, 0.15) is 0 Å². The molecule has 2 heterocycles. The Morgan fingerprint density at radius 3 is 2.52 bits per heavy atom. The third-order valence-electron chi connectivity index (χ3n) is 4.31. The summed E-state index contributed by atoms with van der Waals surface area (Å²) in [6, 6.07) is 5.78. The number of halogens is 3. The van der Waals surface area contributed by atoms with Crippen LogP contribution in [0.25, 0.3) is 21.9 Å². The molecule has 0 amide bonds. The van der Waals surface area contributed by atoms with Crippen LogP contribution in [0.1, 0.15) is 30.0 Å². The molecular weight excluding hydrogens is 359 g/mol. The molecule has 6 nitrogen and oxygen atoms in total. The summed E-state index contributed by atoms with van der Waals surface area (Å²) in [4.78, 5) is 22.6. The number of H-pyrrole nitrogens is 1. The average Bonchev–Trinajstić information content (AvgIpc) is 3.42. The number of alkyl halides is 3. The number of aromatic nitrogens is 4. The van der Waals surface area contributed by atoms with Crippen LogP contribution in [0.5, 0.6) is 0 Å². The molecule has 0 atom stereocenters. The largest absolute Gasteiger partial charge is 0.416 e. The first-order valence-corrected chi connectivity index (χ1v) is 8.11. The van der Waals surface area contributed by atoms with Crippen LogP contribution in [0, 0.1) is 6.57 Å². The predicted octanol–water partition coefficient (Wildman–Crippen LogP) is 4.07. The lowest BCUT2D eigenvalue weighted by Crippen LogP contribution is -2.16. The van der Waals surface area contributed by atoms with E-state index in [-0.39, 0.29) is 17.4 Å². The van der Waals surface area contributed by atoms with E-state index in [0.29, 0.717) is 11.3 Å². The first kappa shape index (κ1) is 17.0. The third-order valence-corrected chi connectivity index (χ3v) is 4.31. The monoisotopic (exact) mass is 371 g/mol. The quantitative estimate of drug-likeness (QED) is 0.706. The van der Waals surface area contributed by atoms with Crippen molar-refractivity contribution in [2.75, 3.05) is 0 Å². The van der Waals surface area contributed by atoms with Gasteiger partial charge in [-0.1, -0.05) is 0 Å². The molecule has 0 unspecified atom stereocenters. The fraction of sp³-hybridized carbons (Fsp3) is 0.222. The van der Waals surface area contributed by atoms with Gasteiger partial charge in [-0.2, -0.15) is 17.9 Å². The van der Waals surface area contributed by atoms with E-state index >= 15 is 0 Å². The van der Waals surface area contributed by atoms with Crippen LogP contribution in [0.3, 0.4) is 0 Å². The molecule has 4 rings (SSSR count). The van der Waals surface area contributed by atoms with E-state index in [2.05, 4.69) is 19.9 Å². The molecule has 0 radical (unpaired) electrons. The van der Waals surface area contributed by atoms with Gasteiger partial charge >= 0.3 is 11.9 Å². The molecular formula is C18H12F3N5O. The average molecular weight is 371 g/mol. The summed E-state index contributed by atoms with van der Waals surface area (Å²) in [5.41, 5.74) is 0.460. The Morgan fingerprint density at radius 1 is 1.22 bits per heavy atom. The fourth-order valence-corrected chi connectivity index (χ4v) is 2.81.